The van der Waals surface area contributed by atoms with E-state index in [-0.39, 0.29) is 28.5 Å². The van der Waals surface area contributed by atoms with E-state index in [4.69, 9.17) is 0 Å². The van der Waals surface area contributed by atoms with Gasteiger partial charge in [0.1, 0.15) is 0 Å². The summed E-state index contributed by atoms with van der Waals surface area (Å²) in [5, 5.41) is 3.35. The van der Waals surface area contributed by atoms with Gasteiger partial charge in [-0.3, -0.25) is 9.59 Å². The third-order valence-corrected chi connectivity index (χ3v) is 9.15. The lowest BCUT2D eigenvalue weighted by Gasteiger charge is -2.32. The van der Waals surface area contributed by atoms with Gasteiger partial charge in [0.15, 0.2) is 5.13 Å². The van der Waals surface area contributed by atoms with Crippen LogP contribution >= 0.6 is 11.3 Å². The number of nitrogens with zero attached hydrogens (tertiary/aromatic N) is 3. The zero-order valence-electron chi connectivity index (χ0n) is 17.2. The number of benzene rings is 1. The van der Waals surface area contributed by atoms with Crippen molar-refractivity contribution in [2.75, 3.05) is 31.5 Å². The van der Waals surface area contributed by atoms with Crippen molar-refractivity contribution in [3.05, 3.63) is 18.2 Å². The summed E-state index contributed by atoms with van der Waals surface area (Å²) in [5.41, 5.74) is 0.662. The standard InChI is InChI=1S/C21H26N4O4S2/c26-19(15-4-3-9-24(13-15)20(27)14-5-6-14)23-21-22-17-8-7-16(12-18(17)30-21)31(28,29)25-10-1-2-11-25/h7-8,12,14-15H,1-6,9-11,13H2,(H,22,23,26). The summed E-state index contributed by atoms with van der Waals surface area (Å²) in [6.07, 6.45) is 5.30. The number of fused-ring (bicyclic) bond motifs is 1. The fraction of sp³-hybridized carbons (Fsp3) is 0.571. The van der Waals surface area contributed by atoms with E-state index in [1.54, 1.807) is 18.2 Å². The Bertz CT molecular complexity index is 1120. The van der Waals surface area contributed by atoms with Gasteiger partial charge in [0, 0.05) is 32.1 Å². The molecule has 1 aromatic heterocycles. The van der Waals surface area contributed by atoms with E-state index >= 15 is 0 Å². The minimum absolute atomic E-state index is 0.128. The van der Waals surface area contributed by atoms with Crippen LogP contribution in [0.5, 0.6) is 0 Å². The molecule has 2 aliphatic heterocycles. The molecule has 3 fully saturated rings. The highest BCUT2D eigenvalue weighted by atomic mass is 32.2. The number of thiazole rings is 1. The van der Waals surface area contributed by atoms with E-state index in [2.05, 4.69) is 10.3 Å². The zero-order valence-corrected chi connectivity index (χ0v) is 18.9. The number of piperidine rings is 1. The molecule has 1 N–H and O–H groups in total. The molecule has 1 atom stereocenters. The summed E-state index contributed by atoms with van der Waals surface area (Å²) in [6, 6.07) is 4.93. The van der Waals surface area contributed by atoms with Crippen LogP contribution in [-0.2, 0) is 19.6 Å². The van der Waals surface area contributed by atoms with Crippen LogP contribution in [0.25, 0.3) is 10.2 Å². The van der Waals surface area contributed by atoms with E-state index in [1.807, 2.05) is 4.90 Å². The molecule has 3 heterocycles. The lowest BCUT2D eigenvalue weighted by molar-refractivity contribution is -0.135. The number of rotatable bonds is 5. The van der Waals surface area contributed by atoms with Crippen molar-refractivity contribution in [1.29, 1.82) is 0 Å². The Morgan fingerprint density at radius 1 is 1.03 bits per heavy atom. The number of hydrogen-bond acceptors (Lipinski definition) is 6. The predicted octanol–water partition coefficient (Wildman–Crippen LogP) is 2.67. The summed E-state index contributed by atoms with van der Waals surface area (Å²) in [7, 11) is -3.49. The number of carbonyl (C=O) groups is 2. The van der Waals surface area contributed by atoms with Gasteiger partial charge in [-0.1, -0.05) is 11.3 Å². The van der Waals surface area contributed by atoms with Crippen molar-refractivity contribution >= 4 is 48.5 Å². The minimum atomic E-state index is -3.49. The lowest BCUT2D eigenvalue weighted by atomic mass is 9.97. The normalized spacial score (nSPS) is 22.7. The number of nitrogens with one attached hydrogen (secondary N) is 1. The van der Waals surface area contributed by atoms with Gasteiger partial charge in [0.25, 0.3) is 0 Å². The first-order valence-corrected chi connectivity index (χ1v) is 13.2. The first kappa shape index (κ1) is 20.8. The Morgan fingerprint density at radius 2 is 1.81 bits per heavy atom. The molecule has 0 bridgehead atoms. The molecule has 2 amide bonds. The van der Waals surface area contributed by atoms with Crippen LogP contribution in [0, 0.1) is 11.8 Å². The van der Waals surface area contributed by atoms with E-state index in [0.717, 1.165) is 49.8 Å². The number of carbonyl (C=O) groups excluding carboxylic acids is 2. The average molecular weight is 463 g/mol. The second kappa shape index (κ2) is 8.14. The first-order chi connectivity index (χ1) is 14.9. The quantitative estimate of drug-likeness (QED) is 0.736. The van der Waals surface area contributed by atoms with Crippen LogP contribution in [0.15, 0.2) is 23.1 Å². The largest absolute Gasteiger partial charge is 0.342 e. The van der Waals surface area contributed by atoms with Gasteiger partial charge in [-0.05, 0) is 56.7 Å². The van der Waals surface area contributed by atoms with Crippen LogP contribution in [0.3, 0.4) is 0 Å². The van der Waals surface area contributed by atoms with Crippen LogP contribution in [0.1, 0.15) is 38.5 Å². The number of sulfonamides is 1. The summed E-state index contributed by atoms with van der Waals surface area (Å²) < 4.78 is 27.9. The molecule has 1 unspecified atom stereocenters. The SMILES string of the molecule is O=C(Nc1nc2ccc(S(=O)(=O)N3CCCC3)cc2s1)C1CCCN(C(=O)C2CC2)C1. The van der Waals surface area contributed by atoms with Gasteiger partial charge in [-0.15, -0.1) is 0 Å². The van der Waals surface area contributed by atoms with E-state index < -0.39 is 10.0 Å². The molecule has 1 aromatic carbocycles. The second-order valence-electron chi connectivity index (χ2n) is 8.65. The van der Waals surface area contributed by atoms with Crippen molar-refractivity contribution in [2.24, 2.45) is 11.8 Å². The van der Waals surface area contributed by atoms with Crippen LogP contribution in [0.4, 0.5) is 5.13 Å². The molecule has 2 aromatic rings. The number of hydrogen-bond donors (Lipinski definition) is 1. The fourth-order valence-corrected chi connectivity index (χ4v) is 6.91. The number of anilines is 1. The Morgan fingerprint density at radius 3 is 2.55 bits per heavy atom. The molecule has 5 rings (SSSR count). The highest BCUT2D eigenvalue weighted by Gasteiger charge is 2.37. The molecule has 31 heavy (non-hydrogen) atoms. The van der Waals surface area contributed by atoms with Crippen molar-refractivity contribution < 1.29 is 18.0 Å². The molecule has 10 heteroatoms. The van der Waals surface area contributed by atoms with Crippen molar-refractivity contribution in [3.8, 4) is 0 Å². The van der Waals surface area contributed by atoms with Crippen LogP contribution < -0.4 is 5.32 Å². The highest BCUT2D eigenvalue weighted by molar-refractivity contribution is 7.89. The van der Waals surface area contributed by atoms with Crippen molar-refractivity contribution in [1.82, 2.24) is 14.2 Å². The van der Waals surface area contributed by atoms with E-state index in [1.165, 1.54) is 15.6 Å². The predicted molar refractivity (Wildman–Crippen MR) is 118 cm³/mol. The maximum atomic E-state index is 12.8. The Hall–Kier alpha value is -2.04. The lowest BCUT2D eigenvalue weighted by Crippen LogP contribution is -2.44. The molecular formula is C21H26N4O4S2. The number of aromatic nitrogens is 1. The molecule has 166 valence electrons. The number of amides is 2. The fourth-order valence-electron chi connectivity index (χ4n) is 4.38. The molecule has 0 radical (unpaired) electrons. The molecule has 2 saturated heterocycles. The van der Waals surface area contributed by atoms with E-state index in [0.29, 0.717) is 30.3 Å². The number of likely N-dealkylation sites (tertiary alicyclic amines) is 1. The Balaban J connectivity index is 1.29. The molecule has 0 spiro atoms. The van der Waals surface area contributed by atoms with Gasteiger partial charge >= 0.3 is 0 Å². The second-order valence-corrected chi connectivity index (χ2v) is 11.6. The molecule has 3 aliphatic rings. The third kappa shape index (κ3) is 4.20. The summed E-state index contributed by atoms with van der Waals surface area (Å²) in [4.78, 5) is 31.7. The van der Waals surface area contributed by atoms with E-state index in [9.17, 15) is 18.0 Å². The van der Waals surface area contributed by atoms with Crippen molar-refractivity contribution in [2.45, 2.75) is 43.4 Å². The summed E-state index contributed by atoms with van der Waals surface area (Å²) in [6.45, 7) is 2.32. The summed E-state index contributed by atoms with van der Waals surface area (Å²) in [5.74, 6) is -0.0202. The highest BCUT2D eigenvalue weighted by Crippen LogP contribution is 2.33. The van der Waals surface area contributed by atoms with Crippen molar-refractivity contribution in [3.63, 3.8) is 0 Å². The maximum Gasteiger partial charge on any atom is 0.243 e. The minimum Gasteiger partial charge on any atom is -0.342 e. The maximum absolute atomic E-state index is 12.8. The Labute approximate surface area is 185 Å². The van der Waals surface area contributed by atoms with Crippen LogP contribution in [0.2, 0.25) is 0 Å². The Kier molecular flexibility index (Phi) is 5.47. The van der Waals surface area contributed by atoms with Gasteiger partial charge in [-0.2, -0.15) is 4.31 Å². The van der Waals surface area contributed by atoms with Gasteiger partial charge in [0.05, 0.1) is 21.0 Å². The topological polar surface area (TPSA) is 99.7 Å². The van der Waals surface area contributed by atoms with Gasteiger partial charge in [0.2, 0.25) is 21.8 Å². The molecule has 1 saturated carbocycles. The monoisotopic (exact) mass is 462 g/mol. The molecule has 8 nitrogen and oxygen atoms in total. The first-order valence-electron chi connectivity index (χ1n) is 10.9. The third-order valence-electron chi connectivity index (χ3n) is 6.32. The molecular weight excluding hydrogens is 436 g/mol. The van der Waals surface area contributed by atoms with Crippen LogP contribution in [-0.4, -0.2) is 60.6 Å². The smallest absolute Gasteiger partial charge is 0.243 e. The van der Waals surface area contributed by atoms with Gasteiger partial charge < -0.3 is 10.2 Å². The zero-order chi connectivity index (χ0) is 21.6. The van der Waals surface area contributed by atoms with Gasteiger partial charge in [-0.25, -0.2) is 13.4 Å². The molecule has 1 aliphatic carbocycles. The average Bonchev–Trinajstić information content (AvgIpc) is 3.30. The summed E-state index contributed by atoms with van der Waals surface area (Å²) >= 11 is 1.28.